The molecular weight excluding hydrogens is 203 g/mol. The number of carbonyl (C=O) groups excluding carboxylic acids is 1. The molecule has 0 heterocycles. The molecule has 0 atom stereocenters. The summed E-state index contributed by atoms with van der Waals surface area (Å²) in [5.41, 5.74) is 0.808. The molecule has 0 radical (unpaired) electrons. The predicted octanol–water partition coefficient (Wildman–Crippen LogP) is 2.62. The van der Waals surface area contributed by atoms with Gasteiger partial charge in [-0.3, -0.25) is 4.79 Å². The van der Waals surface area contributed by atoms with Gasteiger partial charge in [0.05, 0.1) is 5.88 Å². The molecule has 0 fully saturated rings. The molecule has 1 nitrogen and oxygen atoms in total. The van der Waals surface area contributed by atoms with E-state index in [9.17, 15) is 9.18 Å². The van der Waals surface area contributed by atoms with Crippen molar-refractivity contribution in [2.45, 2.75) is 6.92 Å². The van der Waals surface area contributed by atoms with Gasteiger partial charge in [0.1, 0.15) is 5.82 Å². The fraction of sp³-hybridized carbons (Fsp3) is 0.182. The molecule has 3 heteroatoms. The smallest absolute Gasteiger partial charge is 0.161 e. The third-order valence-electron chi connectivity index (χ3n) is 1.65. The van der Waals surface area contributed by atoms with Crippen LogP contribution >= 0.6 is 11.6 Å². The quantitative estimate of drug-likeness (QED) is 0.396. The lowest BCUT2D eigenvalue weighted by molar-refractivity contribution is 0.101. The lowest BCUT2D eigenvalue weighted by Crippen LogP contribution is -1.97. The van der Waals surface area contributed by atoms with Gasteiger partial charge in [-0.25, -0.2) is 4.39 Å². The van der Waals surface area contributed by atoms with Crippen molar-refractivity contribution in [3.8, 4) is 11.8 Å². The molecule has 0 aliphatic rings. The average Bonchev–Trinajstić information content (AvgIpc) is 2.14. The van der Waals surface area contributed by atoms with E-state index in [2.05, 4.69) is 11.8 Å². The maximum Gasteiger partial charge on any atom is 0.161 e. The number of Topliss-reactive ketones (excluding diaryl/α,β-unsaturated/α-hetero) is 1. The molecule has 0 aliphatic carbocycles. The number of ketones is 1. The minimum absolute atomic E-state index is 0.135. The van der Waals surface area contributed by atoms with Gasteiger partial charge in [0.25, 0.3) is 0 Å². The summed E-state index contributed by atoms with van der Waals surface area (Å²) in [5, 5.41) is 0. The molecule has 1 rings (SSSR count). The van der Waals surface area contributed by atoms with Gasteiger partial charge in [-0.15, -0.1) is 11.6 Å². The van der Waals surface area contributed by atoms with Crippen molar-refractivity contribution in [3.63, 3.8) is 0 Å². The van der Waals surface area contributed by atoms with Crippen LogP contribution < -0.4 is 0 Å². The second-order valence-electron chi connectivity index (χ2n) is 2.68. The minimum Gasteiger partial charge on any atom is -0.294 e. The van der Waals surface area contributed by atoms with Crippen LogP contribution in [0.4, 0.5) is 4.39 Å². The first-order valence-electron chi connectivity index (χ1n) is 4.00. The van der Waals surface area contributed by atoms with Crippen molar-refractivity contribution in [3.05, 3.63) is 35.1 Å². The maximum atomic E-state index is 12.8. The number of halogens is 2. The van der Waals surface area contributed by atoms with E-state index < -0.39 is 5.82 Å². The molecule has 0 spiro atoms. The summed E-state index contributed by atoms with van der Waals surface area (Å²) in [6.45, 7) is 1.42. The Morgan fingerprint density at radius 3 is 2.86 bits per heavy atom. The number of rotatable bonds is 1. The van der Waals surface area contributed by atoms with Crippen molar-refractivity contribution in [2.75, 3.05) is 5.88 Å². The van der Waals surface area contributed by atoms with Gasteiger partial charge < -0.3 is 0 Å². The highest BCUT2D eigenvalue weighted by molar-refractivity contribution is 6.19. The Kier molecular flexibility index (Phi) is 3.67. The van der Waals surface area contributed by atoms with E-state index in [1.54, 1.807) is 0 Å². The van der Waals surface area contributed by atoms with Crippen molar-refractivity contribution in [1.29, 1.82) is 0 Å². The fourth-order valence-corrected chi connectivity index (χ4v) is 1.12. The monoisotopic (exact) mass is 210 g/mol. The Balaban J connectivity index is 3.22. The zero-order chi connectivity index (χ0) is 10.6. The number of carbonyl (C=O) groups is 1. The number of benzene rings is 1. The van der Waals surface area contributed by atoms with Gasteiger partial charge >= 0.3 is 0 Å². The first-order valence-corrected chi connectivity index (χ1v) is 4.54. The van der Waals surface area contributed by atoms with Crippen molar-refractivity contribution in [2.24, 2.45) is 0 Å². The minimum atomic E-state index is -0.408. The summed E-state index contributed by atoms with van der Waals surface area (Å²) < 4.78 is 12.8. The Morgan fingerprint density at radius 2 is 2.29 bits per heavy atom. The van der Waals surface area contributed by atoms with Crippen LogP contribution in [0.2, 0.25) is 0 Å². The molecule has 0 amide bonds. The van der Waals surface area contributed by atoms with Gasteiger partial charge in [-0.05, 0) is 25.1 Å². The van der Waals surface area contributed by atoms with Crippen LogP contribution in [0.5, 0.6) is 0 Å². The van der Waals surface area contributed by atoms with Crippen LogP contribution in [0.3, 0.4) is 0 Å². The second kappa shape index (κ2) is 4.78. The van der Waals surface area contributed by atoms with Crippen molar-refractivity contribution < 1.29 is 9.18 Å². The summed E-state index contributed by atoms with van der Waals surface area (Å²) in [4.78, 5) is 11.1. The van der Waals surface area contributed by atoms with E-state index in [1.165, 1.54) is 25.1 Å². The SMILES string of the molecule is CC(=O)c1ccc(F)cc1C#CCCl. The highest BCUT2D eigenvalue weighted by Crippen LogP contribution is 2.10. The average molecular weight is 211 g/mol. The van der Waals surface area contributed by atoms with Gasteiger partial charge in [-0.1, -0.05) is 11.8 Å². The molecule has 0 saturated heterocycles. The normalized spacial score (nSPS) is 9.07. The standard InChI is InChI=1S/C11H8ClFO/c1-8(14)11-5-4-10(13)7-9(11)3-2-6-12/h4-5,7H,6H2,1H3. The third-order valence-corrected chi connectivity index (χ3v) is 1.78. The number of hydrogen-bond acceptors (Lipinski definition) is 1. The largest absolute Gasteiger partial charge is 0.294 e. The molecule has 14 heavy (non-hydrogen) atoms. The highest BCUT2D eigenvalue weighted by Gasteiger charge is 2.05. The number of hydrogen-bond donors (Lipinski definition) is 0. The molecule has 1 aromatic rings. The Labute approximate surface area is 86.9 Å². The topological polar surface area (TPSA) is 17.1 Å². The van der Waals surface area contributed by atoms with E-state index in [4.69, 9.17) is 11.6 Å². The van der Waals surface area contributed by atoms with Crippen LogP contribution in [-0.4, -0.2) is 11.7 Å². The van der Waals surface area contributed by atoms with Gasteiger partial charge in [-0.2, -0.15) is 0 Å². The van der Waals surface area contributed by atoms with Crippen LogP contribution in [-0.2, 0) is 0 Å². The van der Waals surface area contributed by atoms with Crippen LogP contribution in [0.25, 0.3) is 0 Å². The third kappa shape index (κ3) is 2.58. The van der Waals surface area contributed by atoms with Gasteiger partial charge in [0.2, 0.25) is 0 Å². The lowest BCUT2D eigenvalue weighted by atomic mass is 10.0. The highest BCUT2D eigenvalue weighted by atomic mass is 35.5. The van der Waals surface area contributed by atoms with Gasteiger partial charge in [0.15, 0.2) is 5.78 Å². The first-order chi connectivity index (χ1) is 6.65. The molecule has 0 N–H and O–H groups in total. The summed E-state index contributed by atoms with van der Waals surface area (Å²) in [7, 11) is 0. The van der Waals surface area contributed by atoms with E-state index in [-0.39, 0.29) is 11.7 Å². The van der Waals surface area contributed by atoms with E-state index in [0.29, 0.717) is 11.1 Å². The van der Waals surface area contributed by atoms with Crippen molar-refractivity contribution >= 4 is 17.4 Å². The maximum absolute atomic E-state index is 12.8. The molecule has 0 aromatic heterocycles. The van der Waals surface area contributed by atoms with E-state index >= 15 is 0 Å². The molecule has 0 saturated carbocycles. The molecule has 72 valence electrons. The molecule has 0 bridgehead atoms. The van der Waals surface area contributed by atoms with Gasteiger partial charge in [0, 0.05) is 11.1 Å². The lowest BCUT2D eigenvalue weighted by Gasteiger charge is -1.99. The zero-order valence-corrected chi connectivity index (χ0v) is 8.36. The van der Waals surface area contributed by atoms with Crippen LogP contribution in [0.15, 0.2) is 18.2 Å². The molecular formula is C11H8ClFO. The Bertz CT molecular complexity index is 415. The Morgan fingerprint density at radius 1 is 1.57 bits per heavy atom. The van der Waals surface area contributed by atoms with E-state index in [1.807, 2.05) is 0 Å². The molecule has 0 unspecified atom stereocenters. The summed E-state index contributed by atoms with van der Waals surface area (Å²) in [6, 6.07) is 3.90. The zero-order valence-electron chi connectivity index (χ0n) is 7.60. The fourth-order valence-electron chi connectivity index (χ4n) is 1.06. The van der Waals surface area contributed by atoms with Crippen molar-refractivity contribution in [1.82, 2.24) is 0 Å². The molecule has 0 aliphatic heterocycles. The first kappa shape index (κ1) is 10.7. The Hall–Kier alpha value is -1.33. The van der Waals surface area contributed by atoms with Crippen LogP contribution in [0, 0.1) is 17.7 Å². The summed E-state index contributed by atoms with van der Waals surface area (Å²) >= 11 is 5.37. The number of alkyl halides is 1. The van der Waals surface area contributed by atoms with Crippen LogP contribution in [0.1, 0.15) is 22.8 Å². The predicted molar refractivity (Wildman–Crippen MR) is 54.0 cm³/mol. The second-order valence-corrected chi connectivity index (χ2v) is 2.95. The summed E-state index contributed by atoms with van der Waals surface area (Å²) in [5.74, 6) is 4.84. The molecule has 1 aromatic carbocycles. The van der Waals surface area contributed by atoms with E-state index in [0.717, 1.165) is 0 Å². The summed E-state index contributed by atoms with van der Waals surface area (Å²) in [6.07, 6.45) is 0.